The van der Waals surface area contributed by atoms with Crippen LogP contribution in [0.25, 0.3) is 0 Å². The van der Waals surface area contributed by atoms with Crippen LogP contribution in [0.4, 0.5) is 0 Å². The van der Waals surface area contributed by atoms with Crippen LogP contribution < -0.4 is 0 Å². The van der Waals surface area contributed by atoms with Gasteiger partial charge in [-0.1, -0.05) is 38.2 Å². The summed E-state index contributed by atoms with van der Waals surface area (Å²) >= 11 is 0. The quantitative estimate of drug-likeness (QED) is 0.552. The number of hydrogen-bond acceptors (Lipinski definition) is 0. The Kier molecular flexibility index (Phi) is 3.08. The van der Waals surface area contributed by atoms with Crippen molar-refractivity contribution in [3.63, 3.8) is 0 Å². The third-order valence-corrected chi connectivity index (χ3v) is 2.22. The molecule has 1 unspecified atom stereocenters. The first-order valence-corrected chi connectivity index (χ1v) is 4.61. The average Bonchev–Trinajstić information content (AvgIpc) is 2.35. The normalized spacial score (nSPS) is 17.8. The van der Waals surface area contributed by atoms with E-state index in [0.29, 0.717) is 5.92 Å². The van der Waals surface area contributed by atoms with E-state index in [-0.39, 0.29) is 0 Å². The van der Waals surface area contributed by atoms with Crippen LogP contribution in [0.3, 0.4) is 0 Å². The van der Waals surface area contributed by atoms with E-state index in [0.717, 1.165) is 6.42 Å². The molecule has 0 spiro atoms. The van der Waals surface area contributed by atoms with Gasteiger partial charge in [-0.15, -0.1) is 9.24 Å². The van der Waals surface area contributed by atoms with Crippen LogP contribution in [-0.2, 0) is 0 Å². The highest BCUT2D eigenvalue weighted by Gasteiger charge is 2.01. The molecule has 1 aliphatic rings. The predicted octanol–water partition coefficient (Wildman–Crippen LogP) is 3.29. The molecule has 60 valence electrons. The molecule has 0 heterocycles. The molecule has 0 bridgehead atoms. The van der Waals surface area contributed by atoms with Crippen molar-refractivity contribution in [3.05, 3.63) is 35.2 Å². The first-order chi connectivity index (χ1) is 5.20. The van der Waals surface area contributed by atoms with Crippen molar-refractivity contribution in [2.45, 2.75) is 20.3 Å². The summed E-state index contributed by atoms with van der Waals surface area (Å²) < 4.78 is 0. The summed E-state index contributed by atoms with van der Waals surface area (Å²) in [6.07, 6.45) is 9.87. The van der Waals surface area contributed by atoms with E-state index < -0.39 is 0 Å². The van der Waals surface area contributed by atoms with Gasteiger partial charge in [0.25, 0.3) is 0 Å². The van der Waals surface area contributed by atoms with Gasteiger partial charge in [0.05, 0.1) is 0 Å². The number of allylic oxidation sites excluding steroid dienone is 6. The Balaban J connectivity index is 2.61. The number of hydrogen-bond donors (Lipinski definition) is 0. The van der Waals surface area contributed by atoms with Gasteiger partial charge < -0.3 is 0 Å². The zero-order valence-corrected chi connectivity index (χ0v) is 8.33. The minimum Gasteiger partial charge on any atom is -0.106 e. The largest absolute Gasteiger partial charge is 0.106 e. The summed E-state index contributed by atoms with van der Waals surface area (Å²) in [5.74, 6) is 0.643. The van der Waals surface area contributed by atoms with Gasteiger partial charge >= 0.3 is 0 Å². The van der Waals surface area contributed by atoms with Crippen LogP contribution in [-0.4, -0.2) is 0 Å². The van der Waals surface area contributed by atoms with Crippen molar-refractivity contribution < 1.29 is 0 Å². The Bertz CT molecular complexity index is 219. The van der Waals surface area contributed by atoms with E-state index in [4.69, 9.17) is 0 Å². The van der Waals surface area contributed by atoms with Crippen molar-refractivity contribution >= 4 is 9.24 Å². The zero-order valence-electron chi connectivity index (χ0n) is 7.17. The van der Waals surface area contributed by atoms with Gasteiger partial charge in [-0.3, -0.25) is 0 Å². The monoisotopic (exact) mass is 166 g/mol. The van der Waals surface area contributed by atoms with Gasteiger partial charge in [-0.05, 0) is 23.2 Å². The molecule has 1 atom stereocenters. The van der Waals surface area contributed by atoms with E-state index in [1.807, 2.05) is 0 Å². The molecule has 11 heavy (non-hydrogen) atoms. The lowest BCUT2D eigenvalue weighted by Gasteiger charge is -2.03. The Morgan fingerprint density at radius 3 is 2.82 bits per heavy atom. The molecule has 0 aromatic heterocycles. The first-order valence-electron chi connectivity index (χ1n) is 4.03. The van der Waals surface area contributed by atoms with Crippen LogP contribution in [0.2, 0.25) is 0 Å². The molecule has 0 saturated heterocycles. The van der Waals surface area contributed by atoms with E-state index in [9.17, 15) is 0 Å². The molecule has 0 nitrogen and oxygen atoms in total. The summed E-state index contributed by atoms with van der Waals surface area (Å²) in [5.41, 5.74) is 1.43. The van der Waals surface area contributed by atoms with E-state index in [2.05, 4.69) is 47.4 Å². The van der Waals surface area contributed by atoms with Gasteiger partial charge in [-0.25, -0.2) is 0 Å². The third-order valence-electron chi connectivity index (χ3n) is 1.65. The SMILES string of the molecule is CC(C)/C=C(\P)C1=CC=CC1. The second kappa shape index (κ2) is 3.88. The fourth-order valence-corrected chi connectivity index (χ4v) is 1.73. The van der Waals surface area contributed by atoms with Crippen LogP contribution in [0.5, 0.6) is 0 Å². The molecule has 0 amide bonds. The lowest BCUT2D eigenvalue weighted by molar-refractivity contribution is 0.828. The van der Waals surface area contributed by atoms with E-state index in [1.54, 1.807) is 0 Å². The van der Waals surface area contributed by atoms with Crippen LogP contribution in [0.15, 0.2) is 35.2 Å². The van der Waals surface area contributed by atoms with Crippen LogP contribution in [0, 0.1) is 5.92 Å². The standard InChI is InChI=1S/C10H15P/c1-8(2)7-10(11)9-5-3-4-6-9/h3-5,7-8H,6,11H2,1-2H3/b10-7-. The molecule has 0 saturated carbocycles. The Morgan fingerprint density at radius 2 is 2.36 bits per heavy atom. The minimum absolute atomic E-state index is 0.643. The highest BCUT2D eigenvalue weighted by atomic mass is 31.0. The fraction of sp³-hybridized carbons (Fsp3) is 0.400. The molecular formula is C10H15P. The van der Waals surface area contributed by atoms with E-state index in [1.165, 1.54) is 10.9 Å². The van der Waals surface area contributed by atoms with Gasteiger partial charge in [0.1, 0.15) is 0 Å². The van der Waals surface area contributed by atoms with Crippen molar-refractivity contribution in [2.24, 2.45) is 5.92 Å². The molecular weight excluding hydrogens is 151 g/mol. The molecule has 1 aliphatic carbocycles. The smallest absolute Gasteiger partial charge is 0.00883 e. The minimum atomic E-state index is 0.643. The molecule has 1 rings (SSSR count). The molecule has 1 heteroatoms. The summed E-state index contributed by atoms with van der Waals surface area (Å²) in [5, 5.41) is 1.35. The van der Waals surface area contributed by atoms with Gasteiger partial charge in [0.2, 0.25) is 0 Å². The van der Waals surface area contributed by atoms with Crippen molar-refractivity contribution in [1.29, 1.82) is 0 Å². The summed E-state index contributed by atoms with van der Waals surface area (Å²) in [7, 11) is 2.80. The predicted molar refractivity (Wildman–Crippen MR) is 54.5 cm³/mol. The van der Waals surface area contributed by atoms with Crippen LogP contribution in [0.1, 0.15) is 20.3 Å². The number of rotatable bonds is 2. The Hall–Kier alpha value is -0.350. The van der Waals surface area contributed by atoms with Gasteiger partial charge in [0.15, 0.2) is 0 Å². The third kappa shape index (κ3) is 2.63. The molecule has 0 aromatic rings. The molecule has 0 aromatic carbocycles. The summed E-state index contributed by atoms with van der Waals surface area (Å²) in [4.78, 5) is 0. The lowest BCUT2D eigenvalue weighted by atomic mass is 10.1. The first kappa shape index (κ1) is 8.74. The molecule has 0 fully saturated rings. The average molecular weight is 166 g/mol. The topological polar surface area (TPSA) is 0 Å². The highest BCUT2D eigenvalue weighted by molar-refractivity contribution is 7.23. The zero-order chi connectivity index (χ0) is 8.27. The summed E-state index contributed by atoms with van der Waals surface area (Å²) in [6.45, 7) is 4.40. The Labute approximate surface area is 71.3 Å². The van der Waals surface area contributed by atoms with Crippen molar-refractivity contribution in [3.8, 4) is 0 Å². The molecule has 0 N–H and O–H groups in total. The van der Waals surface area contributed by atoms with Crippen LogP contribution >= 0.6 is 9.24 Å². The second-order valence-electron chi connectivity index (χ2n) is 3.19. The molecule has 0 aliphatic heterocycles. The lowest BCUT2D eigenvalue weighted by Crippen LogP contribution is -1.83. The molecule has 0 radical (unpaired) electrons. The Morgan fingerprint density at radius 1 is 1.64 bits per heavy atom. The van der Waals surface area contributed by atoms with Gasteiger partial charge in [-0.2, -0.15) is 0 Å². The van der Waals surface area contributed by atoms with E-state index >= 15 is 0 Å². The van der Waals surface area contributed by atoms with Gasteiger partial charge in [0, 0.05) is 0 Å². The summed E-state index contributed by atoms with van der Waals surface area (Å²) in [6, 6.07) is 0. The maximum atomic E-state index is 2.80. The maximum Gasteiger partial charge on any atom is -0.00883 e. The second-order valence-corrected chi connectivity index (χ2v) is 3.81. The maximum absolute atomic E-state index is 2.80. The highest BCUT2D eigenvalue weighted by Crippen LogP contribution is 2.25. The fourth-order valence-electron chi connectivity index (χ4n) is 1.13. The van der Waals surface area contributed by atoms with Crippen molar-refractivity contribution in [2.75, 3.05) is 0 Å². The van der Waals surface area contributed by atoms with Crippen molar-refractivity contribution in [1.82, 2.24) is 0 Å².